The molecular formula is C20H17Br2NO2. The molecule has 3 aromatic rings. The van der Waals surface area contributed by atoms with Crippen molar-refractivity contribution in [2.75, 3.05) is 31.2 Å². The van der Waals surface area contributed by atoms with Crippen LogP contribution in [0.1, 0.15) is 0 Å². The van der Waals surface area contributed by atoms with Gasteiger partial charge in [-0.15, -0.1) is 0 Å². The van der Waals surface area contributed by atoms with Gasteiger partial charge in [-0.3, -0.25) is 0 Å². The van der Waals surface area contributed by atoms with Gasteiger partial charge < -0.3 is 14.1 Å². The van der Waals surface area contributed by atoms with Gasteiger partial charge in [0.05, 0.1) is 18.9 Å². The van der Waals surface area contributed by atoms with Crippen LogP contribution in [0.4, 0.5) is 5.69 Å². The van der Waals surface area contributed by atoms with E-state index in [1.807, 2.05) is 24.3 Å². The second kappa shape index (κ2) is 7.36. The molecular weight excluding hydrogens is 446 g/mol. The van der Waals surface area contributed by atoms with Crippen LogP contribution < -0.4 is 4.90 Å². The minimum atomic E-state index is 0.749. The SMILES string of the molecule is Brc1ccc(-c2cc(N3CCOCC3)c(-c3ccc(Br)cc3)o2)cc1. The lowest BCUT2D eigenvalue weighted by atomic mass is 10.1. The van der Waals surface area contributed by atoms with E-state index in [4.69, 9.17) is 9.15 Å². The Morgan fingerprint density at radius 3 is 1.92 bits per heavy atom. The van der Waals surface area contributed by atoms with E-state index in [-0.39, 0.29) is 0 Å². The Morgan fingerprint density at radius 2 is 1.32 bits per heavy atom. The minimum Gasteiger partial charge on any atom is -0.454 e. The fraction of sp³-hybridized carbons (Fsp3) is 0.200. The summed E-state index contributed by atoms with van der Waals surface area (Å²) in [7, 11) is 0. The second-order valence-electron chi connectivity index (χ2n) is 5.94. The number of furan rings is 1. The van der Waals surface area contributed by atoms with Crippen molar-refractivity contribution in [1.29, 1.82) is 0 Å². The van der Waals surface area contributed by atoms with Crippen molar-refractivity contribution in [2.24, 2.45) is 0 Å². The molecule has 3 nitrogen and oxygen atoms in total. The Balaban J connectivity index is 1.79. The average molecular weight is 463 g/mol. The molecule has 0 aliphatic carbocycles. The highest BCUT2D eigenvalue weighted by molar-refractivity contribution is 9.10. The molecule has 128 valence electrons. The lowest BCUT2D eigenvalue weighted by Crippen LogP contribution is -2.36. The maximum Gasteiger partial charge on any atom is 0.158 e. The summed E-state index contributed by atoms with van der Waals surface area (Å²) in [5.41, 5.74) is 3.28. The molecule has 1 saturated heterocycles. The monoisotopic (exact) mass is 461 g/mol. The topological polar surface area (TPSA) is 25.6 Å². The van der Waals surface area contributed by atoms with Gasteiger partial charge in [-0.05, 0) is 24.3 Å². The van der Waals surface area contributed by atoms with E-state index in [0.717, 1.165) is 63.6 Å². The quantitative estimate of drug-likeness (QED) is 0.479. The zero-order chi connectivity index (χ0) is 17.2. The standard InChI is InChI=1S/C20H17Br2NO2/c21-16-5-1-14(2-6-16)19-13-18(23-9-11-24-12-10-23)20(25-19)15-3-7-17(22)8-4-15/h1-8,13H,9-12H2. The molecule has 2 heterocycles. The van der Waals surface area contributed by atoms with E-state index in [0.29, 0.717) is 0 Å². The van der Waals surface area contributed by atoms with Crippen molar-refractivity contribution in [1.82, 2.24) is 0 Å². The van der Waals surface area contributed by atoms with Crippen LogP contribution in [-0.4, -0.2) is 26.3 Å². The molecule has 0 N–H and O–H groups in total. The van der Waals surface area contributed by atoms with Crippen molar-refractivity contribution >= 4 is 37.5 Å². The number of anilines is 1. The van der Waals surface area contributed by atoms with E-state index in [1.165, 1.54) is 0 Å². The van der Waals surface area contributed by atoms with E-state index in [1.54, 1.807) is 0 Å². The number of hydrogen-bond donors (Lipinski definition) is 0. The fourth-order valence-electron chi connectivity index (χ4n) is 2.99. The van der Waals surface area contributed by atoms with Gasteiger partial charge in [-0.25, -0.2) is 0 Å². The van der Waals surface area contributed by atoms with E-state index < -0.39 is 0 Å². The van der Waals surface area contributed by atoms with Crippen LogP contribution in [0.25, 0.3) is 22.6 Å². The molecule has 4 rings (SSSR count). The molecule has 0 bridgehead atoms. The van der Waals surface area contributed by atoms with E-state index >= 15 is 0 Å². The minimum absolute atomic E-state index is 0.749. The number of benzene rings is 2. The molecule has 1 aliphatic heterocycles. The zero-order valence-electron chi connectivity index (χ0n) is 13.5. The molecule has 2 aromatic carbocycles. The molecule has 1 aliphatic rings. The summed E-state index contributed by atoms with van der Waals surface area (Å²) in [6.07, 6.45) is 0. The van der Waals surface area contributed by atoms with Gasteiger partial charge in [0.1, 0.15) is 5.76 Å². The van der Waals surface area contributed by atoms with Crippen molar-refractivity contribution in [3.8, 4) is 22.6 Å². The number of halogens is 2. The Hall–Kier alpha value is -1.56. The maximum atomic E-state index is 6.31. The van der Waals surface area contributed by atoms with E-state index in [9.17, 15) is 0 Å². The van der Waals surface area contributed by atoms with Crippen molar-refractivity contribution in [3.63, 3.8) is 0 Å². The molecule has 0 spiro atoms. The second-order valence-corrected chi connectivity index (χ2v) is 7.77. The summed E-state index contributed by atoms with van der Waals surface area (Å²) in [5.74, 6) is 1.79. The average Bonchev–Trinajstić information content (AvgIpc) is 3.09. The van der Waals surface area contributed by atoms with Gasteiger partial charge in [0.25, 0.3) is 0 Å². The molecule has 0 atom stereocenters. The van der Waals surface area contributed by atoms with Crippen LogP contribution in [0, 0.1) is 0 Å². The first kappa shape index (κ1) is 16.9. The summed E-state index contributed by atoms with van der Waals surface area (Å²) < 4.78 is 13.9. The van der Waals surface area contributed by atoms with Crippen LogP contribution in [0.3, 0.4) is 0 Å². The third-order valence-electron chi connectivity index (χ3n) is 4.30. The van der Waals surface area contributed by atoms with Crippen molar-refractivity contribution < 1.29 is 9.15 Å². The summed E-state index contributed by atoms with van der Waals surface area (Å²) in [6.45, 7) is 3.25. The van der Waals surface area contributed by atoms with E-state index in [2.05, 4.69) is 67.1 Å². The molecule has 0 radical (unpaired) electrons. The van der Waals surface area contributed by atoms with Crippen LogP contribution in [0.15, 0.2) is 68.0 Å². The van der Waals surface area contributed by atoms with Crippen LogP contribution in [0.2, 0.25) is 0 Å². The van der Waals surface area contributed by atoms with Crippen LogP contribution in [-0.2, 0) is 4.74 Å². The number of hydrogen-bond acceptors (Lipinski definition) is 3. The van der Waals surface area contributed by atoms with Gasteiger partial charge in [0, 0.05) is 39.2 Å². The highest BCUT2D eigenvalue weighted by Crippen LogP contribution is 2.39. The van der Waals surface area contributed by atoms with Crippen molar-refractivity contribution in [2.45, 2.75) is 0 Å². The van der Waals surface area contributed by atoms with Gasteiger partial charge in [0.2, 0.25) is 0 Å². The fourth-order valence-corrected chi connectivity index (χ4v) is 3.51. The predicted molar refractivity (Wildman–Crippen MR) is 108 cm³/mol. The number of ether oxygens (including phenoxy) is 1. The Bertz CT molecular complexity index is 850. The predicted octanol–water partition coefficient (Wildman–Crippen LogP) is 5.98. The first-order chi connectivity index (χ1) is 12.2. The Labute approximate surface area is 163 Å². The number of rotatable bonds is 3. The largest absolute Gasteiger partial charge is 0.454 e. The first-order valence-corrected chi connectivity index (χ1v) is 9.78. The van der Waals surface area contributed by atoms with Gasteiger partial charge in [-0.1, -0.05) is 56.1 Å². The van der Waals surface area contributed by atoms with Gasteiger partial charge in [0.15, 0.2) is 5.76 Å². The summed E-state index contributed by atoms with van der Waals surface area (Å²) in [5, 5.41) is 0. The van der Waals surface area contributed by atoms with Crippen LogP contribution >= 0.6 is 31.9 Å². The van der Waals surface area contributed by atoms with Crippen molar-refractivity contribution in [3.05, 3.63) is 63.5 Å². The first-order valence-electron chi connectivity index (χ1n) is 8.19. The number of morpholine rings is 1. The lowest BCUT2D eigenvalue weighted by Gasteiger charge is -2.28. The summed E-state index contributed by atoms with van der Waals surface area (Å²) >= 11 is 6.99. The molecule has 0 saturated carbocycles. The summed E-state index contributed by atoms with van der Waals surface area (Å²) in [6, 6.07) is 18.6. The highest BCUT2D eigenvalue weighted by atomic mass is 79.9. The zero-order valence-corrected chi connectivity index (χ0v) is 16.7. The van der Waals surface area contributed by atoms with Crippen LogP contribution in [0.5, 0.6) is 0 Å². The normalized spacial score (nSPS) is 14.7. The maximum absolute atomic E-state index is 6.31. The van der Waals surface area contributed by atoms with Gasteiger partial charge >= 0.3 is 0 Å². The smallest absolute Gasteiger partial charge is 0.158 e. The Morgan fingerprint density at radius 1 is 0.760 bits per heavy atom. The molecule has 0 unspecified atom stereocenters. The molecule has 25 heavy (non-hydrogen) atoms. The molecule has 0 amide bonds. The van der Waals surface area contributed by atoms with Gasteiger partial charge in [-0.2, -0.15) is 0 Å². The Kier molecular flexibility index (Phi) is 4.97. The lowest BCUT2D eigenvalue weighted by molar-refractivity contribution is 0.122. The molecule has 1 aromatic heterocycles. The number of nitrogens with zero attached hydrogens (tertiary/aromatic N) is 1. The molecule has 5 heteroatoms. The molecule has 1 fully saturated rings. The highest BCUT2D eigenvalue weighted by Gasteiger charge is 2.21. The third kappa shape index (κ3) is 3.68. The third-order valence-corrected chi connectivity index (χ3v) is 5.36. The summed E-state index contributed by atoms with van der Waals surface area (Å²) in [4.78, 5) is 2.34.